The van der Waals surface area contributed by atoms with Gasteiger partial charge in [-0.15, -0.1) is 0 Å². The van der Waals surface area contributed by atoms with Crippen LogP contribution in [0.5, 0.6) is 5.75 Å². The van der Waals surface area contributed by atoms with Crippen LogP contribution in [0.25, 0.3) is 0 Å². The molecule has 1 heterocycles. The van der Waals surface area contributed by atoms with Gasteiger partial charge in [-0.2, -0.15) is 0 Å². The minimum absolute atomic E-state index is 0.0283. The monoisotopic (exact) mass is 423 g/mol. The molecule has 3 rings (SSSR count). The van der Waals surface area contributed by atoms with Crippen LogP contribution in [-0.2, 0) is 9.59 Å². The Kier molecular flexibility index (Phi) is 7.65. The van der Waals surface area contributed by atoms with Crippen LogP contribution in [0.3, 0.4) is 0 Å². The molecule has 3 amide bonds. The van der Waals surface area contributed by atoms with Crippen molar-refractivity contribution in [3.05, 3.63) is 66.2 Å². The highest BCUT2D eigenvalue weighted by Gasteiger charge is 2.31. The van der Waals surface area contributed by atoms with Gasteiger partial charge in [-0.1, -0.05) is 50.2 Å². The van der Waals surface area contributed by atoms with E-state index in [1.165, 1.54) is 0 Å². The summed E-state index contributed by atoms with van der Waals surface area (Å²) in [5, 5.41) is 2.81. The van der Waals surface area contributed by atoms with Crippen LogP contribution in [0.2, 0.25) is 0 Å². The van der Waals surface area contributed by atoms with Crippen molar-refractivity contribution in [3.8, 4) is 5.75 Å². The Morgan fingerprint density at radius 1 is 0.871 bits per heavy atom. The third-order valence-corrected chi connectivity index (χ3v) is 5.26. The van der Waals surface area contributed by atoms with E-state index in [4.69, 9.17) is 4.74 Å². The van der Waals surface area contributed by atoms with Crippen molar-refractivity contribution in [2.45, 2.75) is 19.9 Å². The van der Waals surface area contributed by atoms with E-state index in [1.54, 1.807) is 34.1 Å². The lowest BCUT2D eigenvalue weighted by Crippen LogP contribution is -2.57. The maximum Gasteiger partial charge on any atom is 0.258 e. The molecule has 0 bridgehead atoms. The van der Waals surface area contributed by atoms with Crippen molar-refractivity contribution in [2.75, 3.05) is 32.8 Å². The van der Waals surface area contributed by atoms with Crippen LogP contribution >= 0.6 is 0 Å². The number of piperazine rings is 1. The van der Waals surface area contributed by atoms with Gasteiger partial charge in [0.05, 0.1) is 0 Å². The lowest BCUT2D eigenvalue weighted by atomic mass is 10.0. The fourth-order valence-electron chi connectivity index (χ4n) is 3.48. The summed E-state index contributed by atoms with van der Waals surface area (Å²) in [6.45, 7) is 5.46. The summed E-state index contributed by atoms with van der Waals surface area (Å²) >= 11 is 0. The maximum absolute atomic E-state index is 13.1. The minimum Gasteiger partial charge on any atom is -0.484 e. The van der Waals surface area contributed by atoms with Crippen LogP contribution < -0.4 is 10.1 Å². The summed E-state index contributed by atoms with van der Waals surface area (Å²) in [5.74, 6) is 0.0320. The van der Waals surface area contributed by atoms with E-state index in [2.05, 4.69) is 5.32 Å². The summed E-state index contributed by atoms with van der Waals surface area (Å²) in [5.41, 5.74) is 0.646. The first-order valence-electron chi connectivity index (χ1n) is 10.6. The number of hydrogen-bond acceptors (Lipinski definition) is 4. The summed E-state index contributed by atoms with van der Waals surface area (Å²) < 4.78 is 5.47. The lowest BCUT2D eigenvalue weighted by Gasteiger charge is -2.37. The number of hydrogen-bond donors (Lipinski definition) is 1. The fraction of sp³-hybridized carbons (Fsp3) is 0.375. The number of para-hydroxylation sites is 1. The first-order valence-corrected chi connectivity index (χ1v) is 10.6. The number of ether oxygens (including phenoxy) is 1. The highest BCUT2D eigenvalue weighted by Crippen LogP contribution is 2.13. The first kappa shape index (κ1) is 22.3. The zero-order chi connectivity index (χ0) is 22.2. The topological polar surface area (TPSA) is 79.0 Å². The average Bonchev–Trinajstić information content (AvgIpc) is 2.81. The second kappa shape index (κ2) is 10.6. The van der Waals surface area contributed by atoms with Gasteiger partial charge in [-0.05, 0) is 30.2 Å². The third kappa shape index (κ3) is 6.07. The zero-order valence-corrected chi connectivity index (χ0v) is 18.0. The molecular weight excluding hydrogens is 394 g/mol. The molecule has 2 aromatic rings. The van der Waals surface area contributed by atoms with E-state index in [9.17, 15) is 14.4 Å². The second-order valence-corrected chi connectivity index (χ2v) is 7.87. The van der Waals surface area contributed by atoms with Crippen LogP contribution in [0, 0.1) is 5.92 Å². The molecule has 0 spiro atoms. The number of amides is 3. The predicted molar refractivity (Wildman–Crippen MR) is 118 cm³/mol. The maximum atomic E-state index is 13.1. The highest BCUT2D eigenvalue weighted by molar-refractivity contribution is 5.94. The van der Waals surface area contributed by atoms with E-state index in [1.807, 2.05) is 50.2 Å². The van der Waals surface area contributed by atoms with Gasteiger partial charge < -0.3 is 19.9 Å². The van der Waals surface area contributed by atoms with E-state index < -0.39 is 6.04 Å². The molecular formula is C24H29N3O4. The Morgan fingerprint density at radius 3 is 2.00 bits per heavy atom. The fourth-order valence-corrected chi connectivity index (χ4v) is 3.48. The smallest absolute Gasteiger partial charge is 0.258 e. The molecule has 1 saturated heterocycles. The lowest BCUT2D eigenvalue weighted by molar-refractivity contribution is -0.139. The van der Waals surface area contributed by atoms with Gasteiger partial charge in [0, 0.05) is 31.7 Å². The summed E-state index contributed by atoms with van der Waals surface area (Å²) in [4.78, 5) is 41.5. The first-order chi connectivity index (χ1) is 15.0. The Hall–Kier alpha value is -3.35. The molecule has 0 aliphatic carbocycles. The normalized spacial score (nSPS) is 14.8. The number of benzene rings is 2. The van der Waals surface area contributed by atoms with E-state index in [0.29, 0.717) is 37.5 Å². The molecule has 1 aliphatic heterocycles. The molecule has 0 radical (unpaired) electrons. The standard InChI is InChI=1S/C24H29N3O4/c1-18(2)22(25-21(28)17-31-20-11-7-4-8-12-20)24(30)27-15-13-26(14-16-27)23(29)19-9-5-3-6-10-19/h3-12,18,22H,13-17H2,1-2H3,(H,25,28). The van der Waals surface area contributed by atoms with Crippen LogP contribution in [-0.4, -0.2) is 66.3 Å². The molecule has 1 N–H and O–H groups in total. The Balaban J connectivity index is 1.52. The third-order valence-electron chi connectivity index (χ3n) is 5.26. The van der Waals surface area contributed by atoms with Crippen molar-refractivity contribution in [3.63, 3.8) is 0 Å². The molecule has 1 fully saturated rings. The van der Waals surface area contributed by atoms with Gasteiger partial charge in [0.2, 0.25) is 5.91 Å². The molecule has 0 aromatic heterocycles. The molecule has 0 saturated carbocycles. The van der Waals surface area contributed by atoms with E-state index in [-0.39, 0.29) is 30.2 Å². The zero-order valence-electron chi connectivity index (χ0n) is 18.0. The van der Waals surface area contributed by atoms with Crippen LogP contribution in [0.4, 0.5) is 0 Å². The molecule has 1 atom stereocenters. The van der Waals surface area contributed by atoms with Crippen molar-refractivity contribution in [1.29, 1.82) is 0 Å². The Morgan fingerprint density at radius 2 is 1.42 bits per heavy atom. The molecule has 2 aromatic carbocycles. The molecule has 1 unspecified atom stereocenters. The van der Waals surface area contributed by atoms with Crippen LogP contribution in [0.15, 0.2) is 60.7 Å². The SMILES string of the molecule is CC(C)C(NC(=O)COc1ccccc1)C(=O)N1CCN(C(=O)c2ccccc2)CC1. The van der Waals surface area contributed by atoms with Gasteiger partial charge in [-0.3, -0.25) is 14.4 Å². The quantitative estimate of drug-likeness (QED) is 0.741. The number of nitrogens with zero attached hydrogens (tertiary/aromatic N) is 2. The van der Waals surface area contributed by atoms with Crippen molar-refractivity contribution in [2.24, 2.45) is 5.92 Å². The Bertz CT molecular complexity index is 878. The van der Waals surface area contributed by atoms with Gasteiger partial charge in [0.25, 0.3) is 11.8 Å². The molecule has 164 valence electrons. The Labute approximate surface area is 183 Å². The summed E-state index contributed by atoms with van der Waals surface area (Å²) in [6, 6.07) is 17.6. The number of carbonyl (C=O) groups excluding carboxylic acids is 3. The second-order valence-electron chi connectivity index (χ2n) is 7.87. The van der Waals surface area contributed by atoms with Crippen LogP contribution in [0.1, 0.15) is 24.2 Å². The molecule has 7 heteroatoms. The van der Waals surface area contributed by atoms with Crippen molar-refractivity contribution < 1.29 is 19.1 Å². The van der Waals surface area contributed by atoms with Gasteiger partial charge in [0.15, 0.2) is 6.61 Å². The number of carbonyl (C=O) groups is 3. The summed E-state index contributed by atoms with van der Waals surface area (Å²) in [7, 11) is 0. The van der Waals surface area contributed by atoms with Crippen molar-refractivity contribution >= 4 is 17.7 Å². The van der Waals surface area contributed by atoms with Gasteiger partial charge in [-0.25, -0.2) is 0 Å². The highest BCUT2D eigenvalue weighted by atomic mass is 16.5. The van der Waals surface area contributed by atoms with Gasteiger partial charge in [0.1, 0.15) is 11.8 Å². The molecule has 1 aliphatic rings. The average molecular weight is 424 g/mol. The van der Waals surface area contributed by atoms with Gasteiger partial charge >= 0.3 is 0 Å². The van der Waals surface area contributed by atoms with Crippen molar-refractivity contribution in [1.82, 2.24) is 15.1 Å². The van der Waals surface area contributed by atoms with E-state index in [0.717, 1.165) is 0 Å². The number of nitrogens with one attached hydrogen (secondary N) is 1. The minimum atomic E-state index is -0.636. The summed E-state index contributed by atoms with van der Waals surface area (Å²) in [6.07, 6.45) is 0. The predicted octanol–water partition coefficient (Wildman–Crippen LogP) is 2.19. The molecule has 7 nitrogen and oxygen atoms in total. The largest absolute Gasteiger partial charge is 0.484 e. The van der Waals surface area contributed by atoms with E-state index >= 15 is 0 Å². The molecule has 31 heavy (non-hydrogen) atoms. The number of rotatable bonds is 7.